The molecule has 1 aromatic rings. The molecule has 1 aliphatic carbocycles. The van der Waals surface area contributed by atoms with Gasteiger partial charge in [-0.15, -0.1) is 0 Å². The van der Waals surface area contributed by atoms with Crippen LogP contribution < -0.4 is 0 Å². The molecule has 1 unspecified atom stereocenters. The van der Waals surface area contributed by atoms with Crippen LogP contribution >= 0.6 is 0 Å². The fourth-order valence-electron chi connectivity index (χ4n) is 3.48. The molecule has 18 heavy (non-hydrogen) atoms. The predicted molar refractivity (Wildman–Crippen MR) is 75.8 cm³/mol. The summed E-state index contributed by atoms with van der Waals surface area (Å²) >= 11 is 0. The van der Waals surface area contributed by atoms with Crippen molar-refractivity contribution in [3.05, 3.63) is 35.4 Å². The summed E-state index contributed by atoms with van der Waals surface area (Å²) < 4.78 is 0. The van der Waals surface area contributed by atoms with Crippen molar-refractivity contribution in [1.82, 2.24) is 0 Å². The lowest BCUT2D eigenvalue weighted by molar-refractivity contribution is -0.119. The lowest BCUT2D eigenvalue weighted by atomic mass is 9.72. The average molecular weight is 244 g/mol. The molecule has 0 saturated carbocycles. The number of carbonyl (C=O) groups is 1. The van der Waals surface area contributed by atoms with E-state index in [4.69, 9.17) is 0 Å². The minimum atomic E-state index is 0.126. The number of rotatable bonds is 4. The zero-order valence-corrected chi connectivity index (χ0v) is 11.8. The number of benzene rings is 1. The second-order valence-electron chi connectivity index (χ2n) is 6.54. The number of Topliss-reactive ketones (excluding diaryl/α,β-unsaturated/α-hetero) is 1. The minimum absolute atomic E-state index is 0.126. The highest BCUT2D eigenvalue weighted by Crippen LogP contribution is 2.41. The third-order valence-electron chi connectivity index (χ3n) is 4.02. The van der Waals surface area contributed by atoms with Crippen molar-refractivity contribution in [3.63, 3.8) is 0 Å². The number of hydrogen-bond donors (Lipinski definition) is 0. The molecule has 98 valence electrons. The highest BCUT2D eigenvalue weighted by Gasteiger charge is 2.28. The van der Waals surface area contributed by atoms with Crippen LogP contribution in [-0.2, 0) is 11.2 Å². The van der Waals surface area contributed by atoms with Crippen LogP contribution in [0.4, 0.5) is 0 Å². The first-order valence-corrected chi connectivity index (χ1v) is 7.05. The van der Waals surface area contributed by atoms with Crippen LogP contribution in [0.1, 0.15) is 63.5 Å². The predicted octanol–water partition coefficient (Wildman–Crippen LogP) is 4.50. The van der Waals surface area contributed by atoms with Crippen molar-refractivity contribution in [2.75, 3.05) is 0 Å². The van der Waals surface area contributed by atoms with E-state index in [1.165, 1.54) is 30.4 Å². The van der Waals surface area contributed by atoms with E-state index in [2.05, 4.69) is 38.1 Å². The van der Waals surface area contributed by atoms with E-state index in [0.717, 1.165) is 6.42 Å². The molecule has 1 aliphatic rings. The third kappa shape index (κ3) is 3.22. The molecule has 0 saturated heterocycles. The van der Waals surface area contributed by atoms with Crippen molar-refractivity contribution < 1.29 is 4.79 Å². The summed E-state index contributed by atoms with van der Waals surface area (Å²) in [5.41, 5.74) is 3.17. The van der Waals surface area contributed by atoms with Crippen LogP contribution in [0.5, 0.6) is 0 Å². The Bertz CT molecular complexity index is 431. The van der Waals surface area contributed by atoms with E-state index in [0.29, 0.717) is 18.1 Å². The number of ketones is 1. The first-order chi connectivity index (χ1) is 8.48. The SMILES string of the molecule is CC(=O)CC(C)(C)CC1CCCc2ccccc21. The maximum Gasteiger partial charge on any atom is 0.130 e. The Morgan fingerprint density at radius 2 is 2.06 bits per heavy atom. The zero-order chi connectivity index (χ0) is 13.2. The topological polar surface area (TPSA) is 17.1 Å². The molecule has 1 aromatic carbocycles. The smallest absolute Gasteiger partial charge is 0.130 e. The van der Waals surface area contributed by atoms with Gasteiger partial charge in [-0.1, -0.05) is 38.1 Å². The molecule has 0 aromatic heterocycles. The lowest BCUT2D eigenvalue weighted by Gasteiger charge is -2.33. The van der Waals surface area contributed by atoms with Crippen LogP contribution in [0, 0.1) is 5.41 Å². The molecule has 2 rings (SSSR count). The summed E-state index contributed by atoms with van der Waals surface area (Å²) in [5, 5.41) is 0. The van der Waals surface area contributed by atoms with Crippen LogP contribution in [0.15, 0.2) is 24.3 Å². The standard InChI is InChI=1S/C17H24O/c1-13(18)11-17(2,3)12-15-9-6-8-14-7-4-5-10-16(14)15/h4-5,7,10,15H,6,8-9,11-12H2,1-3H3. The zero-order valence-electron chi connectivity index (χ0n) is 11.8. The maximum atomic E-state index is 11.3. The average Bonchev–Trinajstić information content (AvgIpc) is 2.27. The highest BCUT2D eigenvalue weighted by molar-refractivity contribution is 5.76. The van der Waals surface area contributed by atoms with Gasteiger partial charge in [0, 0.05) is 6.42 Å². The summed E-state index contributed by atoms with van der Waals surface area (Å²) in [5.74, 6) is 0.952. The van der Waals surface area contributed by atoms with E-state index in [9.17, 15) is 4.79 Å². The summed E-state index contributed by atoms with van der Waals surface area (Å²) in [4.78, 5) is 11.3. The van der Waals surface area contributed by atoms with Gasteiger partial charge in [0.25, 0.3) is 0 Å². The molecule has 0 N–H and O–H groups in total. The molecule has 0 heterocycles. The molecule has 0 bridgehead atoms. The Kier molecular flexibility index (Phi) is 3.89. The van der Waals surface area contributed by atoms with Gasteiger partial charge in [-0.05, 0) is 55.1 Å². The number of carbonyl (C=O) groups excluding carboxylic acids is 1. The van der Waals surface area contributed by atoms with Crippen LogP contribution in [0.2, 0.25) is 0 Å². The quantitative estimate of drug-likeness (QED) is 0.762. The summed E-state index contributed by atoms with van der Waals surface area (Å²) in [7, 11) is 0. The largest absolute Gasteiger partial charge is 0.300 e. The Hall–Kier alpha value is -1.11. The van der Waals surface area contributed by atoms with Crippen molar-refractivity contribution in [2.24, 2.45) is 5.41 Å². The van der Waals surface area contributed by atoms with Gasteiger partial charge >= 0.3 is 0 Å². The van der Waals surface area contributed by atoms with Gasteiger partial charge in [0.1, 0.15) is 5.78 Å². The van der Waals surface area contributed by atoms with Crippen LogP contribution in [-0.4, -0.2) is 5.78 Å². The van der Waals surface area contributed by atoms with Crippen LogP contribution in [0.3, 0.4) is 0 Å². The van der Waals surface area contributed by atoms with Gasteiger partial charge in [-0.25, -0.2) is 0 Å². The molecule has 0 amide bonds. The fourth-order valence-corrected chi connectivity index (χ4v) is 3.48. The number of aryl methyl sites for hydroxylation is 1. The first kappa shape index (κ1) is 13.3. The number of fused-ring (bicyclic) bond motifs is 1. The third-order valence-corrected chi connectivity index (χ3v) is 4.02. The van der Waals surface area contributed by atoms with E-state index >= 15 is 0 Å². The van der Waals surface area contributed by atoms with Gasteiger partial charge < -0.3 is 4.79 Å². The van der Waals surface area contributed by atoms with E-state index in [-0.39, 0.29) is 5.41 Å². The Morgan fingerprint density at radius 3 is 2.78 bits per heavy atom. The Balaban J connectivity index is 2.14. The molecule has 0 aliphatic heterocycles. The summed E-state index contributed by atoms with van der Waals surface area (Å²) in [6.07, 6.45) is 5.62. The molecule has 0 radical (unpaired) electrons. The van der Waals surface area contributed by atoms with Crippen molar-refractivity contribution in [3.8, 4) is 0 Å². The summed E-state index contributed by atoms with van der Waals surface area (Å²) in [6.45, 7) is 6.16. The molecule has 1 nitrogen and oxygen atoms in total. The fraction of sp³-hybridized carbons (Fsp3) is 0.588. The van der Waals surface area contributed by atoms with E-state index < -0.39 is 0 Å². The Labute approximate surface area is 111 Å². The van der Waals surface area contributed by atoms with Gasteiger partial charge in [-0.3, -0.25) is 0 Å². The molecular weight excluding hydrogens is 220 g/mol. The second kappa shape index (κ2) is 5.26. The highest BCUT2D eigenvalue weighted by atomic mass is 16.1. The lowest BCUT2D eigenvalue weighted by Crippen LogP contribution is -2.21. The van der Waals surface area contributed by atoms with Crippen molar-refractivity contribution in [2.45, 2.75) is 58.8 Å². The van der Waals surface area contributed by atoms with Gasteiger partial charge in [0.05, 0.1) is 0 Å². The van der Waals surface area contributed by atoms with Crippen molar-refractivity contribution in [1.29, 1.82) is 0 Å². The van der Waals surface area contributed by atoms with Crippen LogP contribution in [0.25, 0.3) is 0 Å². The van der Waals surface area contributed by atoms with Gasteiger partial charge in [-0.2, -0.15) is 0 Å². The monoisotopic (exact) mass is 244 g/mol. The summed E-state index contributed by atoms with van der Waals surface area (Å²) in [6, 6.07) is 8.83. The second-order valence-corrected chi connectivity index (χ2v) is 6.54. The molecular formula is C17H24O. The molecule has 1 atom stereocenters. The molecule has 1 heteroatoms. The maximum absolute atomic E-state index is 11.3. The van der Waals surface area contributed by atoms with Gasteiger partial charge in [0.15, 0.2) is 0 Å². The minimum Gasteiger partial charge on any atom is -0.300 e. The van der Waals surface area contributed by atoms with E-state index in [1.54, 1.807) is 6.92 Å². The molecule has 0 spiro atoms. The number of hydrogen-bond acceptors (Lipinski definition) is 1. The first-order valence-electron chi connectivity index (χ1n) is 7.05. The molecule has 0 fully saturated rings. The van der Waals surface area contributed by atoms with Crippen molar-refractivity contribution >= 4 is 5.78 Å². The van der Waals surface area contributed by atoms with E-state index in [1.807, 2.05) is 0 Å². The Morgan fingerprint density at radius 1 is 1.33 bits per heavy atom. The van der Waals surface area contributed by atoms with Gasteiger partial charge in [0.2, 0.25) is 0 Å². The normalized spacial score (nSPS) is 19.4.